The third-order valence-corrected chi connectivity index (χ3v) is 6.41. The lowest BCUT2D eigenvalue weighted by atomic mass is 9.87. The molecule has 2 heterocycles. The lowest BCUT2D eigenvalue weighted by molar-refractivity contribution is -0.132. The van der Waals surface area contributed by atoms with Crippen molar-refractivity contribution in [3.8, 4) is 5.75 Å². The Hall–Kier alpha value is -2.04. The van der Waals surface area contributed by atoms with Gasteiger partial charge < -0.3 is 15.0 Å². The smallest absolute Gasteiger partial charge is 0.223 e. The average Bonchev–Trinajstić information content (AvgIpc) is 3.30. The number of amides is 1. The second kappa shape index (κ2) is 9.64. The molecule has 4 nitrogen and oxygen atoms in total. The van der Waals surface area contributed by atoms with E-state index in [9.17, 15) is 4.79 Å². The van der Waals surface area contributed by atoms with Crippen LogP contribution in [0.3, 0.4) is 0 Å². The third-order valence-electron chi connectivity index (χ3n) is 6.41. The molecule has 0 spiro atoms. The SMILES string of the molecule is COc1ccc(CCCC(=O)N2C[C@@H]3CNC[C@@H]3[C@@H]2c2ccccc2C)cc1.Cl. The zero-order chi connectivity index (χ0) is 19.5. The van der Waals surface area contributed by atoms with Crippen molar-refractivity contribution in [3.05, 3.63) is 65.2 Å². The molecule has 1 amide bonds. The van der Waals surface area contributed by atoms with Crippen molar-refractivity contribution < 1.29 is 9.53 Å². The van der Waals surface area contributed by atoms with Crippen LogP contribution in [0, 0.1) is 18.8 Å². The molecule has 5 heteroatoms. The zero-order valence-electron chi connectivity index (χ0n) is 17.3. The second-order valence-electron chi connectivity index (χ2n) is 8.13. The molecule has 0 unspecified atom stereocenters. The average molecular weight is 415 g/mol. The maximum absolute atomic E-state index is 13.1. The van der Waals surface area contributed by atoms with E-state index in [1.165, 1.54) is 16.7 Å². The van der Waals surface area contributed by atoms with E-state index in [4.69, 9.17) is 4.74 Å². The fraction of sp³-hybridized carbons (Fsp3) is 0.458. The van der Waals surface area contributed by atoms with Crippen molar-refractivity contribution in [1.29, 1.82) is 0 Å². The first-order valence-electron chi connectivity index (χ1n) is 10.4. The number of hydrogen-bond acceptors (Lipinski definition) is 3. The lowest BCUT2D eigenvalue weighted by Crippen LogP contribution is -2.34. The topological polar surface area (TPSA) is 41.6 Å². The summed E-state index contributed by atoms with van der Waals surface area (Å²) in [4.78, 5) is 15.3. The van der Waals surface area contributed by atoms with Crippen LogP contribution >= 0.6 is 12.4 Å². The van der Waals surface area contributed by atoms with Gasteiger partial charge in [0.2, 0.25) is 5.91 Å². The highest BCUT2D eigenvalue weighted by atomic mass is 35.5. The van der Waals surface area contributed by atoms with Crippen LogP contribution in [-0.2, 0) is 11.2 Å². The monoisotopic (exact) mass is 414 g/mol. The summed E-state index contributed by atoms with van der Waals surface area (Å²) in [6.45, 7) is 5.09. The maximum Gasteiger partial charge on any atom is 0.223 e. The molecule has 156 valence electrons. The molecule has 2 aliphatic rings. The van der Waals surface area contributed by atoms with Gasteiger partial charge in [-0.2, -0.15) is 0 Å². The van der Waals surface area contributed by atoms with E-state index in [0.717, 1.165) is 38.2 Å². The van der Waals surface area contributed by atoms with Gasteiger partial charge in [-0.15, -0.1) is 12.4 Å². The minimum Gasteiger partial charge on any atom is -0.497 e. The first-order valence-corrected chi connectivity index (χ1v) is 10.4. The molecule has 2 saturated heterocycles. The van der Waals surface area contributed by atoms with Crippen LogP contribution < -0.4 is 10.1 Å². The number of rotatable bonds is 6. The van der Waals surface area contributed by atoms with E-state index >= 15 is 0 Å². The minimum atomic E-state index is 0. The number of carbonyl (C=O) groups is 1. The van der Waals surface area contributed by atoms with Gasteiger partial charge in [0.25, 0.3) is 0 Å². The maximum atomic E-state index is 13.1. The highest BCUT2D eigenvalue weighted by Gasteiger charge is 2.46. The first-order chi connectivity index (χ1) is 13.7. The zero-order valence-corrected chi connectivity index (χ0v) is 18.1. The van der Waals surface area contributed by atoms with Crippen molar-refractivity contribution in [1.82, 2.24) is 10.2 Å². The Morgan fingerprint density at radius 1 is 1.14 bits per heavy atom. The summed E-state index contributed by atoms with van der Waals surface area (Å²) in [5.74, 6) is 2.29. The molecule has 0 aliphatic carbocycles. The fourth-order valence-electron chi connectivity index (χ4n) is 4.87. The van der Waals surface area contributed by atoms with Crippen molar-refractivity contribution in [2.45, 2.75) is 32.2 Å². The largest absolute Gasteiger partial charge is 0.497 e. The predicted octanol–water partition coefficient (Wildman–Crippen LogP) is 4.17. The summed E-state index contributed by atoms with van der Waals surface area (Å²) in [7, 11) is 1.68. The predicted molar refractivity (Wildman–Crippen MR) is 119 cm³/mol. The summed E-state index contributed by atoms with van der Waals surface area (Å²) in [6, 6.07) is 16.9. The number of fused-ring (bicyclic) bond motifs is 1. The fourth-order valence-corrected chi connectivity index (χ4v) is 4.87. The van der Waals surface area contributed by atoms with Crippen molar-refractivity contribution in [2.75, 3.05) is 26.7 Å². The van der Waals surface area contributed by atoms with E-state index in [1.807, 2.05) is 12.1 Å². The van der Waals surface area contributed by atoms with E-state index in [1.54, 1.807) is 7.11 Å². The van der Waals surface area contributed by atoms with Gasteiger partial charge in [0, 0.05) is 32.0 Å². The number of benzene rings is 2. The molecule has 4 rings (SSSR count). The Balaban J connectivity index is 0.00000240. The highest BCUT2D eigenvalue weighted by molar-refractivity contribution is 5.85. The van der Waals surface area contributed by atoms with Crippen LogP contribution in [-0.4, -0.2) is 37.6 Å². The molecule has 0 radical (unpaired) electrons. The molecule has 0 bridgehead atoms. The molecule has 1 N–H and O–H groups in total. The summed E-state index contributed by atoms with van der Waals surface area (Å²) in [5, 5.41) is 3.53. The quantitative estimate of drug-likeness (QED) is 0.771. The van der Waals surface area contributed by atoms with Gasteiger partial charge in [0.15, 0.2) is 0 Å². The Kier molecular flexibility index (Phi) is 7.20. The summed E-state index contributed by atoms with van der Waals surface area (Å²) < 4.78 is 5.21. The van der Waals surface area contributed by atoms with E-state index < -0.39 is 0 Å². The number of carbonyl (C=O) groups excluding carboxylic acids is 1. The number of ether oxygens (including phenoxy) is 1. The standard InChI is InChI=1S/C24H30N2O2.ClH/c1-17-6-3-4-8-21(17)24-22-15-25-14-19(22)16-26(24)23(27)9-5-7-18-10-12-20(28-2)13-11-18;/h3-4,6,8,10-13,19,22,24-25H,5,7,9,14-16H2,1-2H3;1H/t19-,22-,24-;/m0./s1. The molecule has 2 aromatic carbocycles. The molecular formula is C24H31ClN2O2. The third kappa shape index (κ3) is 4.59. The number of aryl methyl sites for hydroxylation is 2. The van der Waals surface area contributed by atoms with Gasteiger partial charge in [-0.25, -0.2) is 0 Å². The van der Waals surface area contributed by atoms with Crippen LogP contribution in [0.4, 0.5) is 0 Å². The van der Waals surface area contributed by atoms with E-state index in [-0.39, 0.29) is 18.4 Å². The summed E-state index contributed by atoms with van der Waals surface area (Å²) in [5.41, 5.74) is 3.87. The normalized spacial score (nSPS) is 22.8. The van der Waals surface area contributed by atoms with Gasteiger partial charge in [-0.3, -0.25) is 4.79 Å². The molecule has 3 atom stereocenters. The number of methoxy groups -OCH3 is 1. The van der Waals surface area contributed by atoms with Gasteiger partial charge >= 0.3 is 0 Å². The number of hydrogen-bond donors (Lipinski definition) is 1. The number of nitrogens with one attached hydrogen (secondary N) is 1. The Morgan fingerprint density at radius 2 is 1.90 bits per heavy atom. The van der Waals surface area contributed by atoms with Crippen LogP contribution in [0.2, 0.25) is 0 Å². The highest BCUT2D eigenvalue weighted by Crippen LogP contribution is 2.43. The Bertz CT molecular complexity index is 824. The van der Waals surface area contributed by atoms with Crippen molar-refractivity contribution in [2.24, 2.45) is 11.8 Å². The molecule has 0 aromatic heterocycles. The van der Waals surface area contributed by atoms with Crippen LogP contribution in [0.1, 0.15) is 35.6 Å². The minimum absolute atomic E-state index is 0. The molecule has 2 aliphatic heterocycles. The van der Waals surface area contributed by atoms with Gasteiger partial charge in [-0.1, -0.05) is 36.4 Å². The summed E-state index contributed by atoms with van der Waals surface area (Å²) in [6.07, 6.45) is 2.42. The second-order valence-corrected chi connectivity index (χ2v) is 8.13. The van der Waals surface area contributed by atoms with E-state index in [2.05, 4.69) is 53.5 Å². The molecule has 29 heavy (non-hydrogen) atoms. The van der Waals surface area contributed by atoms with E-state index in [0.29, 0.717) is 24.2 Å². The van der Waals surface area contributed by atoms with Crippen LogP contribution in [0.25, 0.3) is 0 Å². The Morgan fingerprint density at radius 3 is 2.62 bits per heavy atom. The molecule has 2 aromatic rings. The van der Waals surface area contributed by atoms with Crippen LogP contribution in [0.5, 0.6) is 5.75 Å². The Labute approximate surface area is 180 Å². The molecule has 2 fully saturated rings. The van der Waals surface area contributed by atoms with Gasteiger partial charge in [-0.05, 0) is 54.5 Å². The lowest BCUT2D eigenvalue weighted by Gasteiger charge is -2.29. The number of likely N-dealkylation sites (tertiary alicyclic amines) is 1. The van der Waals surface area contributed by atoms with Gasteiger partial charge in [0.05, 0.1) is 13.2 Å². The molecule has 0 saturated carbocycles. The van der Waals surface area contributed by atoms with Crippen molar-refractivity contribution >= 4 is 18.3 Å². The first kappa shape index (κ1) is 21.7. The van der Waals surface area contributed by atoms with Gasteiger partial charge in [0.1, 0.15) is 5.75 Å². The molecular weight excluding hydrogens is 384 g/mol. The number of nitrogens with zero attached hydrogens (tertiary/aromatic N) is 1. The van der Waals surface area contributed by atoms with Crippen LogP contribution in [0.15, 0.2) is 48.5 Å². The summed E-state index contributed by atoms with van der Waals surface area (Å²) >= 11 is 0. The van der Waals surface area contributed by atoms with Crippen molar-refractivity contribution in [3.63, 3.8) is 0 Å². The number of halogens is 1.